The van der Waals surface area contributed by atoms with Crippen molar-refractivity contribution >= 4 is 22.4 Å². The molecule has 2 aromatic carbocycles. The second kappa shape index (κ2) is 5.26. The Labute approximate surface area is 129 Å². The average molecular weight is 288 g/mol. The minimum atomic E-state index is 0.0829. The number of hydrogen-bond donors (Lipinski definition) is 1. The van der Waals surface area contributed by atoms with Crippen molar-refractivity contribution in [2.24, 2.45) is 5.92 Å². The van der Waals surface area contributed by atoms with Gasteiger partial charge in [-0.25, -0.2) is 0 Å². The van der Waals surface area contributed by atoms with E-state index in [1.165, 1.54) is 5.56 Å². The molecule has 1 aromatic heterocycles. The van der Waals surface area contributed by atoms with E-state index in [1.54, 1.807) is 6.20 Å². The number of anilines is 1. The van der Waals surface area contributed by atoms with Gasteiger partial charge in [0.15, 0.2) is 0 Å². The van der Waals surface area contributed by atoms with Gasteiger partial charge in [0.05, 0.1) is 0 Å². The maximum atomic E-state index is 12.5. The number of benzene rings is 2. The van der Waals surface area contributed by atoms with E-state index >= 15 is 0 Å². The number of pyridine rings is 1. The Kier molecular flexibility index (Phi) is 3.11. The summed E-state index contributed by atoms with van der Waals surface area (Å²) in [4.78, 5) is 16.6. The van der Waals surface area contributed by atoms with Crippen LogP contribution in [0.1, 0.15) is 17.9 Å². The zero-order chi connectivity index (χ0) is 14.9. The van der Waals surface area contributed by atoms with Crippen LogP contribution in [0.2, 0.25) is 0 Å². The lowest BCUT2D eigenvalue weighted by atomic mass is 10.1. The number of aromatic nitrogens is 1. The molecule has 4 rings (SSSR count). The molecule has 1 saturated carbocycles. The molecule has 2 unspecified atom stereocenters. The quantitative estimate of drug-likeness (QED) is 0.792. The van der Waals surface area contributed by atoms with Crippen LogP contribution < -0.4 is 5.32 Å². The third kappa shape index (κ3) is 2.35. The van der Waals surface area contributed by atoms with Crippen LogP contribution in [0.5, 0.6) is 0 Å². The summed E-state index contributed by atoms with van der Waals surface area (Å²) >= 11 is 0. The number of rotatable bonds is 3. The molecule has 22 heavy (non-hydrogen) atoms. The van der Waals surface area contributed by atoms with E-state index in [9.17, 15) is 4.79 Å². The van der Waals surface area contributed by atoms with Crippen molar-refractivity contribution < 1.29 is 4.79 Å². The number of carbonyl (C=O) groups excluding carboxylic acids is 1. The lowest BCUT2D eigenvalue weighted by Crippen LogP contribution is -2.14. The predicted molar refractivity (Wildman–Crippen MR) is 87.7 cm³/mol. The van der Waals surface area contributed by atoms with Gasteiger partial charge in [-0.05, 0) is 30.0 Å². The first kappa shape index (κ1) is 13.0. The van der Waals surface area contributed by atoms with Crippen molar-refractivity contribution in [1.29, 1.82) is 0 Å². The molecule has 2 atom stereocenters. The van der Waals surface area contributed by atoms with Crippen molar-refractivity contribution in [1.82, 2.24) is 4.98 Å². The second-order valence-corrected chi connectivity index (χ2v) is 5.75. The molecular weight excluding hydrogens is 272 g/mol. The van der Waals surface area contributed by atoms with Gasteiger partial charge < -0.3 is 5.32 Å². The monoisotopic (exact) mass is 288 g/mol. The summed E-state index contributed by atoms with van der Waals surface area (Å²) in [7, 11) is 0. The Bertz CT molecular complexity index is 824. The minimum absolute atomic E-state index is 0.0829. The number of amides is 1. The van der Waals surface area contributed by atoms with E-state index in [0.29, 0.717) is 5.92 Å². The SMILES string of the molecule is O=C(Nc1cccc2cnccc12)C1CC1c1ccccc1. The summed E-state index contributed by atoms with van der Waals surface area (Å²) in [5, 5.41) is 5.15. The van der Waals surface area contributed by atoms with Crippen molar-refractivity contribution in [3.63, 3.8) is 0 Å². The Morgan fingerprint density at radius 1 is 1.05 bits per heavy atom. The van der Waals surface area contributed by atoms with Crippen molar-refractivity contribution in [3.8, 4) is 0 Å². The molecule has 0 radical (unpaired) electrons. The summed E-state index contributed by atoms with van der Waals surface area (Å²) in [6.07, 6.45) is 4.50. The fourth-order valence-corrected chi connectivity index (χ4v) is 3.01. The normalized spacial score (nSPS) is 19.8. The zero-order valence-electron chi connectivity index (χ0n) is 12.1. The molecule has 1 aliphatic rings. The van der Waals surface area contributed by atoms with Crippen LogP contribution in [-0.4, -0.2) is 10.9 Å². The van der Waals surface area contributed by atoms with Gasteiger partial charge in [0.1, 0.15) is 0 Å². The third-order valence-corrected chi connectivity index (χ3v) is 4.29. The van der Waals surface area contributed by atoms with E-state index < -0.39 is 0 Å². The van der Waals surface area contributed by atoms with Gasteiger partial charge in [-0.3, -0.25) is 9.78 Å². The highest BCUT2D eigenvalue weighted by atomic mass is 16.2. The maximum absolute atomic E-state index is 12.5. The molecule has 1 aliphatic carbocycles. The van der Waals surface area contributed by atoms with Gasteiger partial charge >= 0.3 is 0 Å². The number of nitrogens with one attached hydrogen (secondary N) is 1. The number of carbonyl (C=O) groups is 1. The summed E-state index contributed by atoms with van der Waals surface area (Å²) in [6.45, 7) is 0. The Morgan fingerprint density at radius 3 is 2.77 bits per heavy atom. The fourth-order valence-electron chi connectivity index (χ4n) is 3.01. The van der Waals surface area contributed by atoms with Crippen LogP contribution in [0.3, 0.4) is 0 Å². The van der Waals surface area contributed by atoms with E-state index in [1.807, 2.05) is 48.7 Å². The van der Waals surface area contributed by atoms with Crippen LogP contribution >= 0.6 is 0 Å². The van der Waals surface area contributed by atoms with Crippen LogP contribution in [0.25, 0.3) is 10.8 Å². The Balaban J connectivity index is 1.53. The second-order valence-electron chi connectivity index (χ2n) is 5.75. The highest BCUT2D eigenvalue weighted by Crippen LogP contribution is 2.48. The molecule has 0 bridgehead atoms. The molecular formula is C19H16N2O. The molecule has 0 aliphatic heterocycles. The number of fused-ring (bicyclic) bond motifs is 1. The highest BCUT2D eigenvalue weighted by Gasteiger charge is 2.43. The van der Waals surface area contributed by atoms with E-state index in [4.69, 9.17) is 0 Å². The first-order valence-corrected chi connectivity index (χ1v) is 7.51. The third-order valence-electron chi connectivity index (χ3n) is 4.29. The van der Waals surface area contributed by atoms with Crippen molar-refractivity contribution in [3.05, 3.63) is 72.6 Å². The van der Waals surface area contributed by atoms with Crippen molar-refractivity contribution in [2.45, 2.75) is 12.3 Å². The van der Waals surface area contributed by atoms with Crippen LogP contribution in [0.15, 0.2) is 67.0 Å². The molecule has 0 saturated heterocycles. The van der Waals surface area contributed by atoms with E-state index in [2.05, 4.69) is 22.4 Å². The van der Waals surface area contributed by atoms with Gasteiger partial charge in [-0.1, -0.05) is 42.5 Å². The summed E-state index contributed by atoms with van der Waals surface area (Å²) in [5.41, 5.74) is 2.12. The molecule has 3 aromatic rings. The molecule has 1 fully saturated rings. The van der Waals surface area contributed by atoms with Gasteiger partial charge in [0.25, 0.3) is 0 Å². The summed E-state index contributed by atoms with van der Waals surface area (Å²) in [6, 6.07) is 18.1. The largest absolute Gasteiger partial charge is 0.325 e. The molecule has 1 amide bonds. The first-order valence-electron chi connectivity index (χ1n) is 7.51. The topological polar surface area (TPSA) is 42.0 Å². The van der Waals surface area contributed by atoms with E-state index in [0.717, 1.165) is 22.9 Å². The Hall–Kier alpha value is -2.68. The first-order chi connectivity index (χ1) is 10.8. The van der Waals surface area contributed by atoms with E-state index in [-0.39, 0.29) is 11.8 Å². The Morgan fingerprint density at radius 2 is 1.91 bits per heavy atom. The summed E-state index contributed by atoms with van der Waals surface area (Å²) in [5.74, 6) is 0.551. The molecule has 108 valence electrons. The molecule has 3 heteroatoms. The molecule has 3 nitrogen and oxygen atoms in total. The highest BCUT2D eigenvalue weighted by molar-refractivity contribution is 6.03. The zero-order valence-corrected chi connectivity index (χ0v) is 12.1. The molecule has 1 N–H and O–H groups in total. The van der Waals surface area contributed by atoms with Crippen LogP contribution in [-0.2, 0) is 4.79 Å². The van der Waals surface area contributed by atoms with Gasteiger partial charge in [0, 0.05) is 34.8 Å². The smallest absolute Gasteiger partial charge is 0.228 e. The van der Waals surface area contributed by atoms with Crippen molar-refractivity contribution in [2.75, 3.05) is 5.32 Å². The van der Waals surface area contributed by atoms with Crippen LogP contribution in [0, 0.1) is 5.92 Å². The molecule has 0 spiro atoms. The molecule has 1 heterocycles. The average Bonchev–Trinajstić information content (AvgIpc) is 3.37. The minimum Gasteiger partial charge on any atom is -0.325 e. The predicted octanol–water partition coefficient (Wildman–Crippen LogP) is 3.98. The van der Waals surface area contributed by atoms with Gasteiger partial charge in [0.2, 0.25) is 5.91 Å². The fraction of sp³-hybridized carbons (Fsp3) is 0.158. The number of hydrogen-bond acceptors (Lipinski definition) is 2. The van der Waals surface area contributed by atoms with Gasteiger partial charge in [-0.15, -0.1) is 0 Å². The lowest BCUT2D eigenvalue weighted by molar-refractivity contribution is -0.117. The summed E-state index contributed by atoms with van der Waals surface area (Å²) < 4.78 is 0. The number of nitrogens with zero attached hydrogens (tertiary/aromatic N) is 1. The van der Waals surface area contributed by atoms with Gasteiger partial charge in [-0.2, -0.15) is 0 Å². The van der Waals surface area contributed by atoms with Crippen LogP contribution in [0.4, 0.5) is 5.69 Å². The standard InChI is InChI=1S/C19H16N2O/c22-19(17-11-16(17)13-5-2-1-3-6-13)21-18-8-4-7-14-12-20-10-9-15(14)18/h1-10,12,16-17H,11H2,(H,21,22). The lowest BCUT2D eigenvalue weighted by Gasteiger charge is -2.08. The maximum Gasteiger partial charge on any atom is 0.228 e.